The molecule has 1 N–H and O–H groups in total. The third kappa shape index (κ3) is 3.60. The molecule has 1 aromatic heterocycles. The molecule has 0 saturated heterocycles. The van der Waals surface area contributed by atoms with E-state index in [0.29, 0.717) is 28.0 Å². The summed E-state index contributed by atoms with van der Waals surface area (Å²) in [4.78, 5) is 16.1. The van der Waals surface area contributed by atoms with Crippen molar-refractivity contribution in [2.24, 2.45) is 0 Å². The number of carbonyl (C=O) groups is 1. The molecule has 1 amide bonds. The van der Waals surface area contributed by atoms with Gasteiger partial charge in [0.25, 0.3) is 0 Å². The van der Waals surface area contributed by atoms with Crippen molar-refractivity contribution in [2.45, 2.75) is 19.1 Å². The number of methoxy groups -OCH3 is 1. The van der Waals surface area contributed by atoms with Gasteiger partial charge in [-0.25, -0.2) is 4.68 Å². The van der Waals surface area contributed by atoms with Crippen LogP contribution in [0.25, 0.3) is 0 Å². The molecule has 1 aliphatic heterocycles. The molecule has 3 aromatic rings. The number of hydrogen-bond donors (Lipinski definition) is 1. The molecule has 1 atom stereocenters. The molecule has 29 heavy (non-hydrogen) atoms. The van der Waals surface area contributed by atoms with Crippen molar-refractivity contribution in [1.29, 1.82) is 5.26 Å². The van der Waals surface area contributed by atoms with E-state index >= 15 is 0 Å². The van der Waals surface area contributed by atoms with E-state index in [1.807, 2.05) is 12.1 Å². The molecule has 0 fully saturated rings. The van der Waals surface area contributed by atoms with E-state index in [2.05, 4.69) is 21.5 Å². The largest absolute Gasteiger partial charge is 0.493 e. The number of nitriles is 1. The van der Waals surface area contributed by atoms with Crippen molar-refractivity contribution in [3.05, 3.63) is 64.4 Å². The zero-order chi connectivity index (χ0) is 20.4. The second-order valence-electron chi connectivity index (χ2n) is 6.39. The Hall–Kier alpha value is -3.57. The quantitative estimate of drug-likeness (QED) is 0.693. The Kier molecular flexibility index (Phi) is 5.06. The number of hydrogen-bond acceptors (Lipinski definition) is 6. The van der Waals surface area contributed by atoms with E-state index in [-0.39, 0.29) is 25.0 Å². The predicted octanol–water partition coefficient (Wildman–Crippen LogP) is 3.32. The molecule has 1 aliphatic rings. The number of fused-ring (bicyclic) bond motifs is 1. The number of aromatic nitrogens is 3. The first kappa shape index (κ1) is 18.8. The van der Waals surface area contributed by atoms with Crippen LogP contribution in [-0.4, -0.2) is 27.8 Å². The molecule has 146 valence electrons. The van der Waals surface area contributed by atoms with Crippen LogP contribution in [-0.2, 0) is 11.4 Å². The molecular weight excluding hydrogens is 394 g/mol. The predicted molar refractivity (Wildman–Crippen MR) is 105 cm³/mol. The average molecular weight is 410 g/mol. The highest BCUT2D eigenvalue weighted by atomic mass is 35.5. The first-order chi connectivity index (χ1) is 14.1. The van der Waals surface area contributed by atoms with Gasteiger partial charge in [0, 0.05) is 5.56 Å². The number of ether oxygens (including phenoxy) is 2. The van der Waals surface area contributed by atoms with Crippen LogP contribution in [0.15, 0.2) is 42.7 Å². The zero-order valence-corrected chi connectivity index (χ0v) is 16.2. The van der Waals surface area contributed by atoms with Crippen LogP contribution in [0.1, 0.15) is 29.2 Å². The molecule has 2 aromatic carbocycles. The summed E-state index contributed by atoms with van der Waals surface area (Å²) in [5.41, 5.74) is 2.03. The normalized spacial score (nSPS) is 15.2. The number of benzene rings is 2. The first-order valence-corrected chi connectivity index (χ1v) is 9.16. The summed E-state index contributed by atoms with van der Waals surface area (Å²) in [6.45, 7) is 0.165. The fourth-order valence-electron chi connectivity index (χ4n) is 3.24. The lowest BCUT2D eigenvalue weighted by molar-refractivity contribution is -0.117. The van der Waals surface area contributed by atoms with Crippen LogP contribution in [0, 0.1) is 11.3 Å². The molecule has 2 heterocycles. The van der Waals surface area contributed by atoms with Crippen LogP contribution >= 0.6 is 11.6 Å². The van der Waals surface area contributed by atoms with Crippen LogP contribution in [0.5, 0.6) is 11.5 Å². The third-order valence-electron chi connectivity index (χ3n) is 4.64. The lowest BCUT2D eigenvalue weighted by Crippen LogP contribution is -2.29. The highest BCUT2D eigenvalue weighted by Crippen LogP contribution is 2.40. The highest BCUT2D eigenvalue weighted by Gasteiger charge is 2.29. The molecule has 0 bridgehead atoms. The monoisotopic (exact) mass is 409 g/mol. The van der Waals surface area contributed by atoms with Gasteiger partial charge < -0.3 is 9.47 Å². The van der Waals surface area contributed by atoms with Crippen molar-refractivity contribution in [3.63, 3.8) is 0 Å². The van der Waals surface area contributed by atoms with Crippen LogP contribution in [0.4, 0.5) is 5.95 Å². The van der Waals surface area contributed by atoms with Crippen molar-refractivity contribution in [3.8, 4) is 17.6 Å². The van der Waals surface area contributed by atoms with Crippen molar-refractivity contribution in [1.82, 2.24) is 14.8 Å². The van der Waals surface area contributed by atoms with Gasteiger partial charge in [-0.05, 0) is 23.8 Å². The molecule has 8 nitrogen and oxygen atoms in total. The van der Waals surface area contributed by atoms with Gasteiger partial charge in [-0.1, -0.05) is 29.8 Å². The number of halogens is 1. The Morgan fingerprint density at radius 1 is 1.38 bits per heavy atom. The Balaban J connectivity index is 1.65. The standard InChI is InChI=1S/C20H16ClN5O3/c1-28-17-7-14(16-8-18(27)25-20-23-11-24-26(16)20)6-15(21)19(17)29-10-13-5-3-2-4-12(13)9-22/h2-7,11,16H,8,10H2,1H3,(H,23,24,25,27)/t16-/m0/s1. The summed E-state index contributed by atoms with van der Waals surface area (Å²) in [5, 5.41) is 16.4. The Morgan fingerprint density at radius 2 is 2.21 bits per heavy atom. The maximum absolute atomic E-state index is 12.0. The minimum absolute atomic E-state index is 0.154. The Bertz CT molecular complexity index is 1120. The summed E-state index contributed by atoms with van der Waals surface area (Å²) in [7, 11) is 1.51. The molecule has 0 aliphatic carbocycles. The number of carbonyl (C=O) groups excluding carboxylic acids is 1. The average Bonchev–Trinajstić information content (AvgIpc) is 3.20. The second-order valence-corrected chi connectivity index (χ2v) is 6.80. The first-order valence-electron chi connectivity index (χ1n) is 8.78. The number of nitrogens with one attached hydrogen (secondary N) is 1. The lowest BCUT2D eigenvalue weighted by Gasteiger charge is -2.25. The van der Waals surface area contributed by atoms with E-state index in [1.54, 1.807) is 28.9 Å². The van der Waals surface area contributed by atoms with Crippen LogP contribution < -0.4 is 14.8 Å². The lowest BCUT2D eigenvalue weighted by atomic mass is 10.0. The fraction of sp³-hybridized carbons (Fsp3) is 0.200. The van der Waals surface area contributed by atoms with E-state index in [9.17, 15) is 10.1 Å². The van der Waals surface area contributed by atoms with Crippen molar-refractivity contribution >= 4 is 23.5 Å². The molecule has 9 heteroatoms. The smallest absolute Gasteiger partial charge is 0.229 e. The van der Waals surface area contributed by atoms with Gasteiger partial charge >= 0.3 is 0 Å². The van der Waals surface area contributed by atoms with Gasteiger partial charge in [0.15, 0.2) is 11.5 Å². The topological polar surface area (TPSA) is 102 Å². The van der Waals surface area contributed by atoms with E-state index in [1.165, 1.54) is 13.4 Å². The maximum Gasteiger partial charge on any atom is 0.229 e. The van der Waals surface area contributed by atoms with Crippen LogP contribution in [0.3, 0.4) is 0 Å². The van der Waals surface area contributed by atoms with Gasteiger partial charge in [0.2, 0.25) is 11.9 Å². The van der Waals surface area contributed by atoms with E-state index < -0.39 is 0 Å². The van der Waals surface area contributed by atoms with Gasteiger partial charge in [0.1, 0.15) is 12.9 Å². The second kappa shape index (κ2) is 7.81. The minimum atomic E-state index is -0.360. The molecule has 0 radical (unpaired) electrons. The molecule has 4 rings (SSSR count). The highest BCUT2D eigenvalue weighted by molar-refractivity contribution is 6.32. The van der Waals surface area contributed by atoms with E-state index in [0.717, 1.165) is 11.1 Å². The number of nitrogens with zero attached hydrogens (tertiary/aromatic N) is 4. The SMILES string of the molecule is COc1cc([C@@H]2CC(=O)Nc3ncnn32)cc(Cl)c1OCc1ccccc1C#N. The molecule has 0 saturated carbocycles. The molecular formula is C20H16ClN5O3. The van der Waals surface area contributed by atoms with Crippen LogP contribution in [0.2, 0.25) is 5.02 Å². The number of anilines is 1. The maximum atomic E-state index is 12.0. The van der Waals surface area contributed by atoms with Crippen molar-refractivity contribution in [2.75, 3.05) is 12.4 Å². The Morgan fingerprint density at radius 3 is 3.00 bits per heavy atom. The summed E-state index contributed by atoms with van der Waals surface area (Å²) in [6, 6.07) is 12.5. The molecule has 0 spiro atoms. The zero-order valence-electron chi connectivity index (χ0n) is 15.4. The molecule has 0 unspecified atom stereocenters. The number of amides is 1. The van der Waals surface area contributed by atoms with Gasteiger partial charge in [-0.2, -0.15) is 15.3 Å². The summed E-state index contributed by atoms with van der Waals surface area (Å²) in [5.74, 6) is 1.02. The summed E-state index contributed by atoms with van der Waals surface area (Å²) >= 11 is 6.49. The summed E-state index contributed by atoms with van der Waals surface area (Å²) in [6.07, 6.45) is 1.59. The minimum Gasteiger partial charge on any atom is -0.493 e. The van der Waals surface area contributed by atoms with Crippen molar-refractivity contribution < 1.29 is 14.3 Å². The van der Waals surface area contributed by atoms with Gasteiger partial charge in [-0.3, -0.25) is 10.1 Å². The van der Waals surface area contributed by atoms with E-state index in [4.69, 9.17) is 21.1 Å². The third-order valence-corrected chi connectivity index (χ3v) is 4.93. The van der Waals surface area contributed by atoms with Gasteiger partial charge in [-0.15, -0.1) is 0 Å². The summed E-state index contributed by atoms with van der Waals surface area (Å²) < 4.78 is 13.0. The Labute approximate surface area is 171 Å². The number of rotatable bonds is 5. The fourth-order valence-corrected chi connectivity index (χ4v) is 3.52. The van der Waals surface area contributed by atoms with Gasteiger partial charge in [0.05, 0.1) is 36.2 Å².